The second-order valence-corrected chi connectivity index (χ2v) is 8.09. The smallest absolute Gasteiger partial charge is 0.302 e. The SMILES string of the molecule is CC(=O)O[C@H]1CC[C@H]2C3CCC4=C(CCC(=O)C4)C3=CCC12C. The van der Waals surface area contributed by atoms with E-state index in [0.29, 0.717) is 24.0 Å². The van der Waals surface area contributed by atoms with Crippen molar-refractivity contribution in [3.63, 3.8) is 0 Å². The normalized spacial score (nSPS) is 39.3. The van der Waals surface area contributed by atoms with Gasteiger partial charge in [-0.15, -0.1) is 0 Å². The number of hydrogen-bond donors (Lipinski definition) is 0. The van der Waals surface area contributed by atoms with Crippen molar-refractivity contribution in [1.29, 1.82) is 0 Å². The van der Waals surface area contributed by atoms with Crippen LogP contribution in [0.25, 0.3) is 0 Å². The number of carbonyl (C=O) groups excluding carboxylic acids is 2. The first-order valence-electron chi connectivity index (χ1n) is 9.09. The van der Waals surface area contributed by atoms with Gasteiger partial charge in [0.25, 0.3) is 0 Å². The second kappa shape index (κ2) is 5.32. The molecule has 3 heteroatoms. The van der Waals surface area contributed by atoms with Crippen molar-refractivity contribution in [1.82, 2.24) is 0 Å². The van der Waals surface area contributed by atoms with E-state index < -0.39 is 0 Å². The highest BCUT2D eigenvalue weighted by Gasteiger charge is 2.54. The van der Waals surface area contributed by atoms with Gasteiger partial charge in [-0.3, -0.25) is 9.59 Å². The Bertz CT molecular complexity index is 627. The van der Waals surface area contributed by atoms with E-state index in [4.69, 9.17) is 4.74 Å². The van der Waals surface area contributed by atoms with Crippen LogP contribution in [0.2, 0.25) is 0 Å². The summed E-state index contributed by atoms with van der Waals surface area (Å²) in [7, 11) is 0. The van der Waals surface area contributed by atoms with Gasteiger partial charge in [-0.25, -0.2) is 0 Å². The maximum atomic E-state index is 11.8. The van der Waals surface area contributed by atoms with Gasteiger partial charge in [0.2, 0.25) is 0 Å². The zero-order chi connectivity index (χ0) is 16.2. The van der Waals surface area contributed by atoms with Crippen LogP contribution in [0, 0.1) is 17.3 Å². The molecule has 3 nitrogen and oxygen atoms in total. The Morgan fingerprint density at radius 3 is 2.83 bits per heavy atom. The molecule has 2 unspecified atom stereocenters. The minimum atomic E-state index is -0.147. The first kappa shape index (κ1) is 15.2. The maximum Gasteiger partial charge on any atom is 0.302 e. The highest BCUT2D eigenvalue weighted by Crippen LogP contribution is 2.59. The molecule has 0 amide bonds. The van der Waals surface area contributed by atoms with Gasteiger partial charge in [0.05, 0.1) is 0 Å². The van der Waals surface area contributed by atoms with Crippen molar-refractivity contribution in [3.05, 3.63) is 22.8 Å². The lowest BCUT2D eigenvalue weighted by molar-refractivity contribution is -0.152. The summed E-state index contributed by atoms with van der Waals surface area (Å²) in [4.78, 5) is 23.2. The summed E-state index contributed by atoms with van der Waals surface area (Å²) in [5, 5.41) is 0. The topological polar surface area (TPSA) is 43.4 Å². The van der Waals surface area contributed by atoms with Gasteiger partial charge in [-0.2, -0.15) is 0 Å². The number of carbonyl (C=O) groups is 2. The molecule has 0 saturated heterocycles. The Morgan fingerprint density at radius 2 is 2.04 bits per heavy atom. The van der Waals surface area contributed by atoms with Crippen LogP contribution in [0.1, 0.15) is 65.2 Å². The summed E-state index contributed by atoms with van der Waals surface area (Å²) in [6.07, 6.45) is 10.3. The van der Waals surface area contributed by atoms with E-state index in [1.54, 1.807) is 5.57 Å². The fourth-order valence-electron chi connectivity index (χ4n) is 5.76. The number of fused-ring (bicyclic) bond motifs is 4. The van der Waals surface area contributed by atoms with Gasteiger partial charge in [-0.1, -0.05) is 18.6 Å². The quantitative estimate of drug-likeness (QED) is 0.684. The zero-order valence-electron chi connectivity index (χ0n) is 14.2. The average molecular weight is 314 g/mol. The van der Waals surface area contributed by atoms with Crippen molar-refractivity contribution in [2.75, 3.05) is 0 Å². The van der Waals surface area contributed by atoms with Gasteiger partial charge in [0.15, 0.2) is 0 Å². The van der Waals surface area contributed by atoms with Gasteiger partial charge in [-0.05, 0) is 61.5 Å². The van der Waals surface area contributed by atoms with Crippen molar-refractivity contribution >= 4 is 11.8 Å². The van der Waals surface area contributed by atoms with Crippen molar-refractivity contribution in [3.8, 4) is 0 Å². The molecule has 4 rings (SSSR count). The molecule has 0 heterocycles. The van der Waals surface area contributed by atoms with Gasteiger partial charge < -0.3 is 4.74 Å². The Kier molecular flexibility index (Phi) is 3.51. The third-order valence-corrected chi connectivity index (χ3v) is 6.87. The molecule has 0 aromatic rings. The molecule has 4 aliphatic carbocycles. The summed E-state index contributed by atoms with van der Waals surface area (Å²) >= 11 is 0. The summed E-state index contributed by atoms with van der Waals surface area (Å²) in [6.45, 7) is 3.84. The fourth-order valence-corrected chi connectivity index (χ4v) is 5.76. The first-order chi connectivity index (χ1) is 11.0. The molecule has 1 fully saturated rings. The average Bonchev–Trinajstić information content (AvgIpc) is 2.83. The molecule has 0 bridgehead atoms. The molecule has 0 N–H and O–H groups in total. The van der Waals surface area contributed by atoms with E-state index in [1.807, 2.05) is 0 Å². The minimum absolute atomic E-state index is 0.0751. The van der Waals surface area contributed by atoms with Crippen LogP contribution in [0.15, 0.2) is 22.8 Å². The summed E-state index contributed by atoms with van der Waals surface area (Å²) in [6, 6.07) is 0. The van der Waals surface area contributed by atoms with Crippen LogP contribution >= 0.6 is 0 Å². The van der Waals surface area contributed by atoms with E-state index >= 15 is 0 Å². The third kappa shape index (κ3) is 2.31. The molecule has 0 aromatic carbocycles. The highest BCUT2D eigenvalue weighted by atomic mass is 16.5. The van der Waals surface area contributed by atoms with Crippen LogP contribution in [0.5, 0.6) is 0 Å². The molecule has 0 radical (unpaired) electrons. The predicted molar refractivity (Wildman–Crippen MR) is 87.7 cm³/mol. The van der Waals surface area contributed by atoms with Crippen LogP contribution in [0.4, 0.5) is 0 Å². The number of ketones is 1. The lowest BCUT2D eigenvalue weighted by atomic mass is 9.58. The third-order valence-electron chi connectivity index (χ3n) is 6.87. The number of esters is 1. The minimum Gasteiger partial charge on any atom is -0.462 e. The van der Waals surface area contributed by atoms with Crippen LogP contribution in [-0.2, 0) is 14.3 Å². The molecule has 124 valence electrons. The van der Waals surface area contributed by atoms with Gasteiger partial charge in [0, 0.05) is 25.2 Å². The Hall–Kier alpha value is -1.38. The van der Waals surface area contributed by atoms with Gasteiger partial charge in [0.1, 0.15) is 11.9 Å². The van der Waals surface area contributed by atoms with Crippen LogP contribution < -0.4 is 0 Å². The van der Waals surface area contributed by atoms with Crippen LogP contribution in [0.3, 0.4) is 0 Å². The fraction of sp³-hybridized carbons (Fsp3) is 0.700. The number of ether oxygens (including phenoxy) is 1. The molecule has 0 aliphatic heterocycles. The number of hydrogen-bond acceptors (Lipinski definition) is 3. The second-order valence-electron chi connectivity index (χ2n) is 8.09. The number of Topliss-reactive ketones (excluding diaryl/α,β-unsaturated/α-hetero) is 1. The molecule has 0 spiro atoms. The van der Waals surface area contributed by atoms with Crippen molar-refractivity contribution < 1.29 is 14.3 Å². The van der Waals surface area contributed by atoms with Crippen molar-refractivity contribution in [2.45, 2.75) is 71.3 Å². The summed E-state index contributed by atoms with van der Waals surface area (Å²) in [5.74, 6) is 1.50. The largest absolute Gasteiger partial charge is 0.462 e. The Morgan fingerprint density at radius 1 is 1.22 bits per heavy atom. The van der Waals surface area contributed by atoms with Crippen molar-refractivity contribution in [2.24, 2.45) is 17.3 Å². The lowest BCUT2D eigenvalue weighted by Crippen LogP contribution is -2.42. The first-order valence-corrected chi connectivity index (χ1v) is 9.09. The van der Waals surface area contributed by atoms with E-state index in [9.17, 15) is 9.59 Å². The van der Waals surface area contributed by atoms with Crippen LogP contribution in [-0.4, -0.2) is 17.9 Å². The molecule has 23 heavy (non-hydrogen) atoms. The van der Waals surface area contributed by atoms with E-state index in [-0.39, 0.29) is 17.5 Å². The Labute approximate surface area is 138 Å². The Balaban J connectivity index is 1.66. The zero-order valence-corrected chi connectivity index (χ0v) is 14.2. The molecule has 4 aliphatic rings. The number of allylic oxidation sites excluding steroid dienone is 4. The molecular weight excluding hydrogens is 288 g/mol. The van der Waals surface area contributed by atoms with Gasteiger partial charge >= 0.3 is 5.97 Å². The molecule has 0 aromatic heterocycles. The predicted octanol–water partition coefficient (Wildman–Crippen LogP) is 4.12. The summed E-state index contributed by atoms with van der Waals surface area (Å²) in [5.41, 5.74) is 4.58. The molecule has 1 saturated carbocycles. The van der Waals surface area contributed by atoms with E-state index in [2.05, 4.69) is 13.0 Å². The monoisotopic (exact) mass is 314 g/mol. The maximum absolute atomic E-state index is 11.8. The van der Waals surface area contributed by atoms with E-state index in [0.717, 1.165) is 38.5 Å². The number of rotatable bonds is 1. The standard InChI is InChI=1S/C20H26O3/c1-12(21)23-19-8-7-18-17-5-3-13-11-14(22)4-6-15(13)16(17)9-10-20(18,19)2/h9,17-19H,3-8,10-11H2,1-2H3/t17?,18-,19-,20?/m0/s1. The summed E-state index contributed by atoms with van der Waals surface area (Å²) < 4.78 is 5.66. The highest BCUT2D eigenvalue weighted by molar-refractivity contribution is 5.83. The lowest BCUT2D eigenvalue weighted by Gasteiger charge is -2.47. The molecule has 4 atom stereocenters. The van der Waals surface area contributed by atoms with E-state index in [1.165, 1.54) is 24.5 Å². The molecular formula is C20H26O3.